The van der Waals surface area contributed by atoms with Crippen molar-refractivity contribution >= 4 is 32.8 Å². The van der Waals surface area contributed by atoms with E-state index < -0.39 is 0 Å². The summed E-state index contributed by atoms with van der Waals surface area (Å²) in [6, 6.07) is 18.5. The van der Waals surface area contributed by atoms with E-state index in [0.717, 1.165) is 44.1 Å². The van der Waals surface area contributed by atoms with Gasteiger partial charge in [-0.3, -0.25) is 0 Å². The molecule has 0 aliphatic heterocycles. The van der Waals surface area contributed by atoms with Gasteiger partial charge in [0.25, 0.3) is 0 Å². The Labute approximate surface area is 168 Å². The van der Waals surface area contributed by atoms with E-state index in [1.807, 2.05) is 12.1 Å². The van der Waals surface area contributed by atoms with E-state index in [9.17, 15) is 5.26 Å². The van der Waals surface area contributed by atoms with Crippen molar-refractivity contribution in [1.29, 1.82) is 5.26 Å². The molecule has 4 heteroatoms. The number of furan rings is 1. The zero-order valence-corrected chi connectivity index (χ0v) is 16.5. The molecule has 0 saturated carbocycles. The predicted octanol–water partition coefficient (Wildman–Crippen LogP) is 6.50. The van der Waals surface area contributed by atoms with Crippen molar-refractivity contribution < 1.29 is 4.42 Å². The Morgan fingerprint density at radius 3 is 2.59 bits per heavy atom. The first-order valence-corrected chi connectivity index (χ1v) is 9.68. The number of para-hydroxylation sites is 1. The molecule has 5 rings (SSSR count). The molecule has 0 saturated heterocycles. The van der Waals surface area contributed by atoms with Crippen LogP contribution in [0.2, 0.25) is 0 Å². The minimum atomic E-state index is 0.434. The fourth-order valence-corrected chi connectivity index (χ4v) is 3.96. The van der Waals surface area contributed by atoms with Crippen molar-refractivity contribution in [2.45, 2.75) is 26.7 Å². The summed E-state index contributed by atoms with van der Waals surface area (Å²) in [5, 5.41) is 12.4. The maximum Gasteiger partial charge on any atom is 0.153 e. The van der Waals surface area contributed by atoms with E-state index in [1.165, 1.54) is 5.56 Å². The molecule has 0 aliphatic carbocycles. The van der Waals surface area contributed by atoms with Crippen molar-refractivity contribution in [3.05, 3.63) is 71.5 Å². The highest BCUT2D eigenvalue weighted by molar-refractivity contribution is 6.12. The largest absolute Gasteiger partial charge is 0.454 e. The van der Waals surface area contributed by atoms with Gasteiger partial charge >= 0.3 is 0 Å². The number of nitriles is 1. The average Bonchev–Trinajstić information content (AvgIpc) is 3.11. The Morgan fingerprint density at radius 1 is 0.931 bits per heavy atom. The van der Waals surface area contributed by atoms with E-state index in [-0.39, 0.29) is 0 Å². The van der Waals surface area contributed by atoms with Gasteiger partial charge in [0, 0.05) is 21.7 Å². The number of aromatic nitrogens is 2. The Morgan fingerprint density at radius 2 is 1.79 bits per heavy atom. The lowest BCUT2D eigenvalue weighted by molar-refractivity contribution is 0.668. The summed E-state index contributed by atoms with van der Waals surface area (Å²) >= 11 is 0. The van der Waals surface area contributed by atoms with Crippen molar-refractivity contribution in [3.8, 4) is 17.3 Å². The van der Waals surface area contributed by atoms with Gasteiger partial charge in [-0.1, -0.05) is 38.1 Å². The number of aryl methyl sites for hydroxylation is 1. The molecular weight excluding hydrogens is 358 g/mol. The van der Waals surface area contributed by atoms with E-state index in [4.69, 9.17) is 4.42 Å². The topological polar surface area (TPSA) is 62.7 Å². The number of rotatable bonds is 2. The van der Waals surface area contributed by atoms with Crippen LogP contribution >= 0.6 is 0 Å². The monoisotopic (exact) mass is 377 g/mol. The SMILES string of the molecule is Cc1cc(-c2ncnc3cc(C(C)C)ccc23)c2oc3c(C#N)cccc3c2c1. The molecule has 5 aromatic rings. The van der Waals surface area contributed by atoms with E-state index in [1.54, 1.807) is 12.4 Å². The second-order valence-corrected chi connectivity index (χ2v) is 7.74. The highest BCUT2D eigenvalue weighted by Crippen LogP contribution is 2.39. The van der Waals surface area contributed by atoms with Gasteiger partial charge in [0.2, 0.25) is 0 Å². The van der Waals surface area contributed by atoms with Crippen LogP contribution in [0.25, 0.3) is 44.1 Å². The van der Waals surface area contributed by atoms with Gasteiger partial charge in [-0.05, 0) is 48.2 Å². The van der Waals surface area contributed by atoms with Crippen LogP contribution in [0.15, 0.2) is 59.3 Å². The van der Waals surface area contributed by atoms with Gasteiger partial charge in [0.05, 0.1) is 16.8 Å². The molecule has 4 nitrogen and oxygen atoms in total. The molecule has 0 fully saturated rings. The normalized spacial score (nSPS) is 11.6. The molecule has 0 aliphatic rings. The lowest BCUT2D eigenvalue weighted by Crippen LogP contribution is -1.93. The molecular formula is C25H19N3O. The summed E-state index contributed by atoms with van der Waals surface area (Å²) < 4.78 is 6.24. The van der Waals surface area contributed by atoms with Crippen molar-refractivity contribution in [3.63, 3.8) is 0 Å². The van der Waals surface area contributed by atoms with Crippen molar-refractivity contribution in [2.75, 3.05) is 0 Å². The molecule has 0 N–H and O–H groups in total. The van der Waals surface area contributed by atoms with Gasteiger partial charge in [0.1, 0.15) is 18.0 Å². The van der Waals surface area contributed by atoms with Crippen LogP contribution in [0.5, 0.6) is 0 Å². The minimum Gasteiger partial charge on any atom is -0.454 e. The van der Waals surface area contributed by atoms with Crippen LogP contribution in [0, 0.1) is 18.3 Å². The number of hydrogen-bond acceptors (Lipinski definition) is 4. The molecule has 2 heterocycles. The van der Waals surface area contributed by atoms with Gasteiger partial charge in [0.15, 0.2) is 5.58 Å². The lowest BCUT2D eigenvalue weighted by Gasteiger charge is -2.10. The van der Waals surface area contributed by atoms with Crippen molar-refractivity contribution in [1.82, 2.24) is 9.97 Å². The van der Waals surface area contributed by atoms with Crippen LogP contribution in [0.3, 0.4) is 0 Å². The quantitative estimate of drug-likeness (QED) is 0.352. The van der Waals surface area contributed by atoms with Crippen LogP contribution in [-0.4, -0.2) is 9.97 Å². The summed E-state index contributed by atoms with van der Waals surface area (Å²) in [6.45, 7) is 6.42. The van der Waals surface area contributed by atoms with E-state index in [0.29, 0.717) is 17.1 Å². The molecule has 3 aromatic carbocycles. The molecule has 0 unspecified atom stereocenters. The first kappa shape index (κ1) is 17.4. The van der Waals surface area contributed by atoms with Crippen LogP contribution in [0.1, 0.15) is 36.5 Å². The Bertz CT molecular complexity index is 1450. The molecule has 0 spiro atoms. The summed E-state index contributed by atoms with van der Waals surface area (Å²) in [5.74, 6) is 0.434. The third-order valence-corrected chi connectivity index (χ3v) is 5.45. The number of hydrogen-bond donors (Lipinski definition) is 0. The minimum absolute atomic E-state index is 0.434. The third kappa shape index (κ3) is 2.67. The maximum absolute atomic E-state index is 9.48. The standard InChI is InChI=1S/C25H19N3O/c1-14(2)16-7-8-19-22(11-16)27-13-28-23(19)21-10-15(3)9-20-18-6-4-5-17(12-26)24(18)29-25(20)21/h4-11,13-14H,1-3H3. The molecule has 0 radical (unpaired) electrons. The number of benzene rings is 3. The molecule has 0 atom stereocenters. The Hall–Kier alpha value is -3.71. The second kappa shape index (κ2) is 6.42. The average molecular weight is 377 g/mol. The fraction of sp³-hybridized carbons (Fsp3) is 0.160. The summed E-state index contributed by atoms with van der Waals surface area (Å²) in [5.41, 5.74) is 6.96. The van der Waals surface area contributed by atoms with Crippen LogP contribution in [0.4, 0.5) is 0 Å². The van der Waals surface area contributed by atoms with Crippen LogP contribution in [-0.2, 0) is 0 Å². The molecule has 0 bridgehead atoms. The van der Waals surface area contributed by atoms with Gasteiger partial charge in [-0.15, -0.1) is 0 Å². The van der Waals surface area contributed by atoms with Crippen molar-refractivity contribution in [2.24, 2.45) is 0 Å². The fourth-order valence-electron chi connectivity index (χ4n) is 3.96. The first-order chi connectivity index (χ1) is 14.1. The number of fused-ring (bicyclic) bond motifs is 4. The van der Waals surface area contributed by atoms with Crippen LogP contribution < -0.4 is 0 Å². The second-order valence-electron chi connectivity index (χ2n) is 7.74. The van der Waals surface area contributed by atoms with Gasteiger partial charge in [-0.2, -0.15) is 5.26 Å². The summed E-state index contributed by atoms with van der Waals surface area (Å²) in [4.78, 5) is 9.12. The number of nitrogens with zero attached hydrogens (tertiary/aromatic N) is 3. The highest BCUT2D eigenvalue weighted by atomic mass is 16.3. The first-order valence-electron chi connectivity index (χ1n) is 9.68. The third-order valence-electron chi connectivity index (χ3n) is 5.45. The molecule has 29 heavy (non-hydrogen) atoms. The predicted molar refractivity (Wildman–Crippen MR) is 116 cm³/mol. The van der Waals surface area contributed by atoms with E-state index >= 15 is 0 Å². The molecule has 0 amide bonds. The maximum atomic E-state index is 9.48. The summed E-state index contributed by atoms with van der Waals surface area (Å²) in [6.07, 6.45) is 1.61. The molecule has 2 aromatic heterocycles. The smallest absolute Gasteiger partial charge is 0.153 e. The van der Waals surface area contributed by atoms with Gasteiger partial charge < -0.3 is 4.42 Å². The van der Waals surface area contributed by atoms with E-state index in [2.05, 4.69) is 67.1 Å². The summed E-state index contributed by atoms with van der Waals surface area (Å²) in [7, 11) is 0. The zero-order chi connectivity index (χ0) is 20.1. The Balaban J connectivity index is 1.87. The van der Waals surface area contributed by atoms with Gasteiger partial charge in [-0.25, -0.2) is 9.97 Å². The zero-order valence-electron chi connectivity index (χ0n) is 16.5. The molecule has 140 valence electrons. The Kier molecular flexibility index (Phi) is 3.85. The lowest BCUT2D eigenvalue weighted by atomic mass is 9.97. The highest BCUT2D eigenvalue weighted by Gasteiger charge is 2.18.